The maximum atomic E-state index is 3.36. The summed E-state index contributed by atoms with van der Waals surface area (Å²) in [6.07, 6.45) is 9.76. The summed E-state index contributed by atoms with van der Waals surface area (Å²) in [4.78, 5) is 0. The Morgan fingerprint density at radius 1 is 0.786 bits per heavy atom. The van der Waals surface area contributed by atoms with Gasteiger partial charge in [0.2, 0.25) is 0 Å². The highest BCUT2D eigenvalue weighted by atomic mass is 14.8. The van der Waals surface area contributed by atoms with E-state index in [1.54, 1.807) is 0 Å². The molecule has 0 fully saturated rings. The molecule has 0 rings (SSSR count). The van der Waals surface area contributed by atoms with Crippen molar-refractivity contribution in [3.8, 4) is 0 Å². The predicted molar refractivity (Wildman–Crippen MR) is 69.0 cm³/mol. The van der Waals surface area contributed by atoms with Gasteiger partial charge in [0.05, 0.1) is 0 Å². The van der Waals surface area contributed by atoms with Crippen LogP contribution in [0.15, 0.2) is 0 Å². The molecule has 2 N–H and O–H groups in total. The summed E-state index contributed by atoms with van der Waals surface area (Å²) in [5.41, 5.74) is 0. The van der Waals surface area contributed by atoms with Crippen molar-refractivity contribution in [2.24, 2.45) is 0 Å². The Balaban J connectivity index is -0.000000845. The number of unbranched alkanes of at least 4 members (excludes halogenated alkanes) is 6. The lowest BCUT2D eigenvalue weighted by molar-refractivity contribution is 0.556. The van der Waals surface area contributed by atoms with Gasteiger partial charge in [0, 0.05) is 2.85 Å². The molecule has 0 spiro atoms. The average molecular weight is 204 g/mol. The topological polar surface area (TPSA) is 24.1 Å². The lowest BCUT2D eigenvalue weighted by atomic mass is 10.1. The van der Waals surface area contributed by atoms with Crippen LogP contribution >= 0.6 is 0 Å². The molecule has 0 saturated carbocycles. The van der Waals surface area contributed by atoms with E-state index in [-0.39, 0.29) is 2.85 Å². The van der Waals surface area contributed by atoms with Crippen LogP contribution in [0.1, 0.15) is 54.7 Å². The molecule has 0 aromatic rings. The molecule has 14 heavy (non-hydrogen) atoms. The second kappa shape index (κ2) is 12.9. The van der Waals surface area contributed by atoms with Crippen molar-refractivity contribution < 1.29 is 2.85 Å². The molecule has 0 aromatic carbocycles. The fourth-order valence-electron chi connectivity index (χ4n) is 1.61. The van der Waals surface area contributed by atoms with Crippen molar-refractivity contribution in [2.45, 2.75) is 51.9 Å². The van der Waals surface area contributed by atoms with Crippen molar-refractivity contribution in [1.82, 2.24) is 10.6 Å². The molecule has 2 heteroatoms. The van der Waals surface area contributed by atoms with Crippen molar-refractivity contribution in [1.29, 1.82) is 0 Å². The van der Waals surface area contributed by atoms with E-state index in [0.717, 1.165) is 6.54 Å². The third kappa shape index (κ3) is 11.9. The van der Waals surface area contributed by atoms with E-state index in [1.807, 2.05) is 7.05 Å². The molecule has 0 saturated heterocycles. The minimum absolute atomic E-state index is 0. The Hall–Kier alpha value is -0.0800. The first kappa shape index (κ1) is 13.9. The van der Waals surface area contributed by atoms with Gasteiger partial charge < -0.3 is 10.6 Å². The van der Waals surface area contributed by atoms with Gasteiger partial charge in [0.15, 0.2) is 0 Å². The minimum Gasteiger partial charge on any atom is -0.320 e. The van der Waals surface area contributed by atoms with E-state index >= 15 is 0 Å². The van der Waals surface area contributed by atoms with Crippen LogP contribution in [0.25, 0.3) is 0 Å². The Kier molecular flexibility index (Phi) is 12.8. The molecule has 90 valence electrons. The fourth-order valence-corrected chi connectivity index (χ4v) is 1.61. The largest absolute Gasteiger partial charge is 0.320 e. The van der Waals surface area contributed by atoms with Crippen LogP contribution in [0.2, 0.25) is 0 Å². The Bertz CT molecular complexity index is 91.0. The van der Waals surface area contributed by atoms with Gasteiger partial charge in [0.1, 0.15) is 0 Å². The van der Waals surface area contributed by atoms with E-state index in [2.05, 4.69) is 17.6 Å². The molecule has 0 aliphatic carbocycles. The first-order chi connectivity index (χ1) is 6.91. The summed E-state index contributed by atoms with van der Waals surface area (Å²) in [7, 11) is 2.03. The third-order valence-corrected chi connectivity index (χ3v) is 2.53. The fraction of sp³-hybridized carbons (Fsp3) is 1.00. The highest BCUT2D eigenvalue weighted by Crippen LogP contribution is 2.06. The van der Waals surface area contributed by atoms with Crippen LogP contribution in [-0.4, -0.2) is 26.7 Å². The van der Waals surface area contributed by atoms with E-state index in [1.165, 1.54) is 58.0 Å². The molecule has 0 atom stereocenters. The van der Waals surface area contributed by atoms with Crippen molar-refractivity contribution >= 4 is 0 Å². The summed E-state index contributed by atoms with van der Waals surface area (Å²) in [5, 5.41) is 6.54. The molecule has 0 bridgehead atoms. The van der Waals surface area contributed by atoms with Gasteiger partial charge in [-0.25, -0.2) is 0 Å². The van der Waals surface area contributed by atoms with Crippen LogP contribution in [-0.2, 0) is 0 Å². The minimum atomic E-state index is 0. The van der Waals surface area contributed by atoms with Crippen LogP contribution in [0.3, 0.4) is 0 Å². The molecule has 0 unspecified atom stereocenters. The van der Waals surface area contributed by atoms with E-state index in [4.69, 9.17) is 0 Å². The maximum Gasteiger partial charge on any atom is 0 e. The van der Waals surface area contributed by atoms with Gasteiger partial charge in [-0.1, -0.05) is 39.0 Å². The quantitative estimate of drug-likeness (QED) is 0.506. The van der Waals surface area contributed by atoms with Crippen molar-refractivity contribution in [3.05, 3.63) is 0 Å². The molecule has 0 amide bonds. The van der Waals surface area contributed by atoms with Gasteiger partial charge in [0.25, 0.3) is 0 Å². The lowest BCUT2D eigenvalue weighted by Gasteiger charge is -2.02. The first-order valence-electron chi connectivity index (χ1n) is 6.27. The SMILES string of the molecule is CCNCCCCCCCCCNC.[HH].[HH]. The summed E-state index contributed by atoms with van der Waals surface area (Å²) < 4.78 is 0. The molecule has 0 radical (unpaired) electrons. The second-order valence-electron chi connectivity index (χ2n) is 3.93. The monoisotopic (exact) mass is 204 g/mol. The molecule has 0 aliphatic rings. The maximum absolute atomic E-state index is 3.36. The third-order valence-electron chi connectivity index (χ3n) is 2.53. The predicted octanol–water partition coefficient (Wildman–Crippen LogP) is 3.04. The highest BCUT2D eigenvalue weighted by Gasteiger charge is 1.91. The van der Waals surface area contributed by atoms with Crippen molar-refractivity contribution in [3.63, 3.8) is 0 Å². The van der Waals surface area contributed by atoms with Gasteiger partial charge in [-0.15, -0.1) is 0 Å². The van der Waals surface area contributed by atoms with Crippen LogP contribution < -0.4 is 10.6 Å². The Morgan fingerprint density at radius 2 is 1.29 bits per heavy atom. The van der Waals surface area contributed by atoms with E-state index in [9.17, 15) is 0 Å². The Morgan fingerprint density at radius 3 is 1.79 bits per heavy atom. The zero-order valence-corrected chi connectivity index (χ0v) is 10.1. The summed E-state index contributed by atoms with van der Waals surface area (Å²) in [5.74, 6) is 0. The van der Waals surface area contributed by atoms with Crippen LogP contribution in [0.5, 0.6) is 0 Å². The molecule has 0 aromatic heterocycles. The van der Waals surface area contributed by atoms with E-state index in [0.29, 0.717) is 0 Å². The zero-order chi connectivity index (χ0) is 10.5. The molecule has 0 aliphatic heterocycles. The lowest BCUT2D eigenvalue weighted by Crippen LogP contribution is -2.13. The first-order valence-corrected chi connectivity index (χ1v) is 6.27. The van der Waals surface area contributed by atoms with E-state index < -0.39 is 0 Å². The zero-order valence-electron chi connectivity index (χ0n) is 10.1. The van der Waals surface area contributed by atoms with Crippen LogP contribution in [0.4, 0.5) is 0 Å². The average Bonchev–Trinajstić information content (AvgIpc) is 2.21. The number of hydrogen-bond acceptors (Lipinski definition) is 2. The summed E-state index contributed by atoms with van der Waals surface area (Å²) >= 11 is 0. The summed E-state index contributed by atoms with van der Waals surface area (Å²) in [6, 6.07) is 0. The summed E-state index contributed by atoms with van der Waals surface area (Å²) in [6.45, 7) is 5.67. The van der Waals surface area contributed by atoms with Gasteiger partial charge >= 0.3 is 0 Å². The molecule has 0 heterocycles. The van der Waals surface area contributed by atoms with Crippen molar-refractivity contribution in [2.75, 3.05) is 26.7 Å². The number of hydrogen-bond donors (Lipinski definition) is 2. The number of nitrogens with one attached hydrogen (secondary N) is 2. The highest BCUT2D eigenvalue weighted by molar-refractivity contribution is 4.49. The van der Waals surface area contributed by atoms with Crippen LogP contribution in [0, 0.1) is 0 Å². The van der Waals surface area contributed by atoms with Gasteiger partial charge in [-0.2, -0.15) is 0 Å². The number of rotatable bonds is 11. The molecule has 2 nitrogen and oxygen atoms in total. The normalized spacial score (nSPS) is 10.7. The molecular weight excluding hydrogens is 172 g/mol. The smallest absolute Gasteiger partial charge is 0 e. The van der Waals surface area contributed by atoms with Gasteiger partial charge in [-0.3, -0.25) is 0 Å². The molecular formula is C12H32N2. The standard InChI is InChI=1S/C12H28N2.2H2/c1-3-14-12-10-8-6-4-5-7-9-11-13-2;;/h13-14H,3-12H2,1-2H3;2*1H. The Labute approximate surface area is 92.8 Å². The van der Waals surface area contributed by atoms with Gasteiger partial charge in [-0.05, 0) is 39.5 Å². The second-order valence-corrected chi connectivity index (χ2v) is 3.93.